The summed E-state index contributed by atoms with van der Waals surface area (Å²) >= 11 is 5.95. The Balaban J connectivity index is 2.36. The minimum Gasteiger partial charge on any atom is -0.339 e. The first-order chi connectivity index (χ1) is 8.61. The minimum atomic E-state index is -0.303. The largest absolute Gasteiger partial charge is 0.339 e. The second-order valence-electron chi connectivity index (χ2n) is 3.57. The Hall–Kier alpha value is -1.92. The number of hydrogen-bond donors (Lipinski definition) is 3. The molecule has 0 saturated carbocycles. The van der Waals surface area contributed by atoms with Crippen LogP contribution in [0.15, 0.2) is 24.4 Å². The van der Waals surface area contributed by atoms with Crippen molar-refractivity contribution < 1.29 is 4.39 Å². The first-order valence-corrected chi connectivity index (χ1v) is 5.51. The second kappa shape index (κ2) is 5.16. The maximum Gasteiger partial charge on any atom is 0.239 e. The molecular weight excluding hydrogens is 257 g/mol. The van der Waals surface area contributed by atoms with Gasteiger partial charge in [-0.15, -0.1) is 0 Å². The molecule has 0 radical (unpaired) electrons. The van der Waals surface area contributed by atoms with Crippen molar-refractivity contribution in [3.63, 3.8) is 0 Å². The van der Waals surface area contributed by atoms with Gasteiger partial charge >= 0.3 is 0 Å². The van der Waals surface area contributed by atoms with Crippen molar-refractivity contribution in [2.24, 2.45) is 5.84 Å². The number of rotatable bonds is 3. The van der Waals surface area contributed by atoms with Crippen LogP contribution in [0.3, 0.4) is 0 Å². The Morgan fingerprint density at radius 2 is 2.17 bits per heavy atom. The van der Waals surface area contributed by atoms with Gasteiger partial charge in [0, 0.05) is 11.3 Å². The summed E-state index contributed by atoms with van der Waals surface area (Å²) in [6, 6.07) is 4.71. The number of nitrogen functional groups attached to an aromatic ring is 1. The molecule has 2 aromatic rings. The zero-order valence-electron chi connectivity index (χ0n) is 9.54. The van der Waals surface area contributed by atoms with Gasteiger partial charge in [-0.2, -0.15) is 4.98 Å². The van der Waals surface area contributed by atoms with E-state index < -0.39 is 0 Å². The topological polar surface area (TPSA) is 75.9 Å². The molecule has 0 aliphatic carbocycles. The molecule has 2 rings (SSSR count). The van der Waals surface area contributed by atoms with Crippen LogP contribution in [0.2, 0.25) is 5.02 Å². The number of aromatic nitrogens is 2. The summed E-state index contributed by atoms with van der Waals surface area (Å²) in [5.74, 6) is 5.48. The standard InChI is InChI=1S/C11H11ClFN5/c1-6-8(13)3-2-4-9(6)16-10-7(12)5-15-11(17-10)18-14/h2-5H,14H2,1H3,(H2,15,16,17,18). The highest BCUT2D eigenvalue weighted by Gasteiger charge is 2.08. The minimum absolute atomic E-state index is 0.218. The lowest BCUT2D eigenvalue weighted by molar-refractivity contribution is 0.619. The fourth-order valence-corrected chi connectivity index (χ4v) is 1.53. The number of hydrazine groups is 1. The van der Waals surface area contributed by atoms with E-state index in [0.29, 0.717) is 22.1 Å². The van der Waals surface area contributed by atoms with Crippen molar-refractivity contribution in [1.82, 2.24) is 9.97 Å². The third-order valence-corrected chi connectivity index (χ3v) is 2.67. The maximum atomic E-state index is 13.4. The predicted octanol–water partition coefficient (Wildman–Crippen LogP) is 2.61. The van der Waals surface area contributed by atoms with Crippen molar-refractivity contribution in [2.45, 2.75) is 6.92 Å². The highest BCUT2D eigenvalue weighted by atomic mass is 35.5. The normalized spacial score (nSPS) is 10.2. The molecule has 0 saturated heterocycles. The van der Waals surface area contributed by atoms with Crippen molar-refractivity contribution in [2.75, 3.05) is 10.7 Å². The molecular formula is C11H11ClFN5. The molecule has 7 heteroatoms. The Kier molecular flexibility index (Phi) is 3.59. The van der Waals surface area contributed by atoms with Crippen molar-refractivity contribution >= 4 is 29.1 Å². The molecule has 0 spiro atoms. The molecule has 5 nitrogen and oxygen atoms in total. The predicted molar refractivity (Wildman–Crippen MR) is 69.3 cm³/mol. The van der Waals surface area contributed by atoms with Crippen LogP contribution in [-0.4, -0.2) is 9.97 Å². The molecule has 0 fully saturated rings. The fourth-order valence-electron chi connectivity index (χ4n) is 1.39. The molecule has 0 atom stereocenters. The van der Waals surface area contributed by atoms with Crippen molar-refractivity contribution in [3.8, 4) is 0 Å². The molecule has 0 aliphatic heterocycles. The summed E-state index contributed by atoms with van der Waals surface area (Å²) in [5, 5.41) is 3.25. The number of nitrogens with zero attached hydrogens (tertiary/aromatic N) is 2. The first kappa shape index (κ1) is 12.5. The van der Waals surface area contributed by atoms with E-state index in [9.17, 15) is 4.39 Å². The van der Waals surface area contributed by atoms with Gasteiger partial charge in [-0.3, -0.25) is 5.43 Å². The lowest BCUT2D eigenvalue weighted by atomic mass is 10.2. The number of benzene rings is 1. The Morgan fingerprint density at radius 1 is 1.39 bits per heavy atom. The fraction of sp³-hybridized carbons (Fsp3) is 0.0909. The summed E-state index contributed by atoms with van der Waals surface area (Å²) < 4.78 is 13.4. The Bertz CT molecular complexity index is 575. The van der Waals surface area contributed by atoms with E-state index in [0.717, 1.165) is 0 Å². The van der Waals surface area contributed by atoms with Gasteiger partial charge in [0.25, 0.3) is 0 Å². The van der Waals surface area contributed by atoms with Gasteiger partial charge in [-0.05, 0) is 19.1 Å². The third-order valence-electron chi connectivity index (χ3n) is 2.39. The molecule has 0 unspecified atom stereocenters. The average molecular weight is 268 g/mol. The number of halogens is 2. The second-order valence-corrected chi connectivity index (χ2v) is 3.98. The molecule has 1 aromatic carbocycles. The first-order valence-electron chi connectivity index (χ1n) is 5.13. The van der Waals surface area contributed by atoms with Crippen LogP contribution in [0, 0.1) is 12.7 Å². The molecule has 0 amide bonds. The van der Waals surface area contributed by atoms with Gasteiger partial charge in [0.1, 0.15) is 10.8 Å². The number of nitrogens with one attached hydrogen (secondary N) is 2. The quantitative estimate of drug-likeness (QED) is 0.589. The highest BCUT2D eigenvalue weighted by molar-refractivity contribution is 6.32. The number of anilines is 3. The third kappa shape index (κ3) is 2.49. The van der Waals surface area contributed by atoms with Crippen LogP contribution in [0.25, 0.3) is 0 Å². The van der Waals surface area contributed by atoms with Gasteiger partial charge in [0.2, 0.25) is 5.95 Å². The number of nitrogens with two attached hydrogens (primary N) is 1. The van der Waals surface area contributed by atoms with Gasteiger partial charge < -0.3 is 5.32 Å². The van der Waals surface area contributed by atoms with Crippen LogP contribution in [0.1, 0.15) is 5.56 Å². The zero-order chi connectivity index (χ0) is 13.1. The molecule has 18 heavy (non-hydrogen) atoms. The van der Waals surface area contributed by atoms with E-state index in [-0.39, 0.29) is 11.8 Å². The van der Waals surface area contributed by atoms with E-state index >= 15 is 0 Å². The summed E-state index contributed by atoms with van der Waals surface area (Å²) in [4.78, 5) is 7.89. The summed E-state index contributed by atoms with van der Waals surface area (Å²) in [6.07, 6.45) is 1.40. The maximum absolute atomic E-state index is 13.4. The zero-order valence-corrected chi connectivity index (χ0v) is 10.3. The van der Waals surface area contributed by atoms with Crippen molar-refractivity contribution in [3.05, 3.63) is 40.8 Å². The van der Waals surface area contributed by atoms with Gasteiger partial charge in [-0.25, -0.2) is 15.2 Å². The van der Waals surface area contributed by atoms with Crippen molar-refractivity contribution in [1.29, 1.82) is 0 Å². The van der Waals surface area contributed by atoms with E-state index in [4.69, 9.17) is 17.4 Å². The molecule has 94 valence electrons. The molecule has 0 aliphatic rings. The molecule has 1 aromatic heterocycles. The van der Waals surface area contributed by atoms with Crippen LogP contribution in [0.4, 0.5) is 21.8 Å². The van der Waals surface area contributed by atoms with Crippen LogP contribution in [-0.2, 0) is 0 Å². The van der Waals surface area contributed by atoms with E-state index in [1.165, 1.54) is 12.3 Å². The monoisotopic (exact) mass is 267 g/mol. The summed E-state index contributed by atoms with van der Waals surface area (Å²) in [5.41, 5.74) is 3.37. The van der Waals surface area contributed by atoms with Crippen LogP contribution < -0.4 is 16.6 Å². The average Bonchev–Trinajstić information content (AvgIpc) is 2.37. The molecule has 0 bridgehead atoms. The lowest BCUT2D eigenvalue weighted by Gasteiger charge is -2.11. The molecule has 4 N–H and O–H groups in total. The number of hydrogen-bond acceptors (Lipinski definition) is 5. The van der Waals surface area contributed by atoms with Crippen LogP contribution in [0.5, 0.6) is 0 Å². The van der Waals surface area contributed by atoms with Gasteiger partial charge in [0.15, 0.2) is 5.82 Å². The Labute approximate surface area is 108 Å². The van der Waals surface area contributed by atoms with E-state index in [1.54, 1.807) is 19.1 Å². The summed E-state index contributed by atoms with van der Waals surface area (Å²) in [6.45, 7) is 1.66. The van der Waals surface area contributed by atoms with E-state index in [2.05, 4.69) is 20.7 Å². The summed E-state index contributed by atoms with van der Waals surface area (Å²) in [7, 11) is 0. The SMILES string of the molecule is Cc1c(F)cccc1Nc1nc(NN)ncc1Cl. The van der Waals surface area contributed by atoms with Crippen LogP contribution >= 0.6 is 11.6 Å². The van der Waals surface area contributed by atoms with Gasteiger partial charge in [-0.1, -0.05) is 17.7 Å². The van der Waals surface area contributed by atoms with E-state index in [1.807, 2.05) is 0 Å². The smallest absolute Gasteiger partial charge is 0.239 e. The lowest BCUT2D eigenvalue weighted by Crippen LogP contribution is -2.11. The van der Waals surface area contributed by atoms with Gasteiger partial charge in [0.05, 0.1) is 6.20 Å². The molecule has 1 heterocycles. The highest BCUT2D eigenvalue weighted by Crippen LogP contribution is 2.26. The Morgan fingerprint density at radius 3 is 2.89 bits per heavy atom.